The van der Waals surface area contributed by atoms with Gasteiger partial charge in [-0.15, -0.1) is 0 Å². The lowest BCUT2D eigenvalue weighted by Crippen LogP contribution is -2.12. The Kier molecular flexibility index (Phi) is 4.06. The van der Waals surface area contributed by atoms with Crippen LogP contribution in [0.1, 0.15) is 11.1 Å². The Morgan fingerprint density at radius 1 is 1.11 bits per heavy atom. The largest absolute Gasteiger partial charge is 0.389 e. The first-order valence-corrected chi connectivity index (χ1v) is 6.05. The molecule has 0 amide bonds. The number of nitrogens with one attached hydrogen (secondary N) is 1. The van der Waals surface area contributed by atoms with Crippen molar-refractivity contribution in [3.8, 4) is 0 Å². The van der Waals surface area contributed by atoms with Gasteiger partial charge in [-0.25, -0.2) is 8.78 Å². The van der Waals surface area contributed by atoms with Gasteiger partial charge in [-0.2, -0.15) is 0 Å². The molecule has 0 aliphatic carbocycles. The van der Waals surface area contributed by atoms with E-state index in [1.807, 2.05) is 0 Å². The average molecular weight is 278 g/mol. The molecule has 0 atom stereocenters. The van der Waals surface area contributed by atoms with Crippen molar-refractivity contribution in [1.29, 1.82) is 0 Å². The molecule has 0 heterocycles. The maximum atomic E-state index is 13.6. The third-order valence-corrected chi connectivity index (χ3v) is 2.90. The Balaban J connectivity index is 2.11. The highest BCUT2D eigenvalue weighted by atomic mass is 32.1. The van der Waals surface area contributed by atoms with Crippen molar-refractivity contribution in [3.63, 3.8) is 0 Å². The van der Waals surface area contributed by atoms with Crippen LogP contribution in [0.3, 0.4) is 0 Å². The first-order valence-electron chi connectivity index (χ1n) is 5.64. The van der Waals surface area contributed by atoms with E-state index in [2.05, 4.69) is 5.32 Å². The molecule has 2 rings (SSSR count). The lowest BCUT2D eigenvalue weighted by molar-refractivity contribution is 0.612. The molecular weight excluding hydrogens is 266 g/mol. The molecule has 0 saturated heterocycles. The van der Waals surface area contributed by atoms with Gasteiger partial charge in [-0.1, -0.05) is 30.4 Å². The monoisotopic (exact) mass is 278 g/mol. The average Bonchev–Trinajstić information content (AvgIpc) is 2.37. The molecule has 0 aromatic heterocycles. The summed E-state index contributed by atoms with van der Waals surface area (Å²) in [6, 6.07) is 10.9. The zero-order valence-electron chi connectivity index (χ0n) is 9.99. The lowest BCUT2D eigenvalue weighted by Gasteiger charge is -2.09. The Labute approximate surface area is 115 Å². The molecule has 0 radical (unpaired) electrons. The van der Waals surface area contributed by atoms with E-state index in [1.54, 1.807) is 24.3 Å². The quantitative estimate of drug-likeness (QED) is 0.843. The Hall–Kier alpha value is -2.01. The molecule has 0 aliphatic rings. The van der Waals surface area contributed by atoms with Crippen LogP contribution in [0, 0.1) is 11.6 Å². The van der Waals surface area contributed by atoms with Crippen LogP contribution in [0.4, 0.5) is 14.5 Å². The van der Waals surface area contributed by atoms with Crippen LogP contribution in [-0.2, 0) is 6.54 Å². The molecule has 2 aromatic rings. The lowest BCUT2D eigenvalue weighted by atomic mass is 10.1. The Morgan fingerprint density at radius 3 is 2.47 bits per heavy atom. The minimum absolute atomic E-state index is 0.0122. The summed E-state index contributed by atoms with van der Waals surface area (Å²) in [5.41, 5.74) is 6.63. The zero-order chi connectivity index (χ0) is 13.8. The van der Waals surface area contributed by atoms with Crippen LogP contribution in [0.25, 0.3) is 0 Å². The number of hydrogen-bond acceptors (Lipinski definition) is 2. The summed E-state index contributed by atoms with van der Waals surface area (Å²) in [6.07, 6.45) is 0. The van der Waals surface area contributed by atoms with Crippen LogP contribution in [0.5, 0.6) is 0 Å². The fourth-order valence-corrected chi connectivity index (χ4v) is 1.83. The summed E-state index contributed by atoms with van der Waals surface area (Å²) in [5.74, 6) is -0.790. The third kappa shape index (κ3) is 3.26. The maximum absolute atomic E-state index is 13.6. The van der Waals surface area contributed by atoms with Crippen molar-refractivity contribution in [2.24, 2.45) is 5.73 Å². The van der Waals surface area contributed by atoms with E-state index in [-0.39, 0.29) is 22.9 Å². The molecule has 5 heteroatoms. The van der Waals surface area contributed by atoms with Crippen molar-refractivity contribution >= 4 is 22.9 Å². The van der Waals surface area contributed by atoms with Crippen LogP contribution in [0.15, 0.2) is 42.5 Å². The molecule has 98 valence electrons. The standard InChI is InChI=1S/C14H12F2N2S/c15-12-4-2-1-3-9(12)8-18-10-5-6-11(14(17)19)13(16)7-10/h1-7,18H,8H2,(H2,17,19). The van der Waals surface area contributed by atoms with E-state index >= 15 is 0 Å². The summed E-state index contributed by atoms with van der Waals surface area (Å²) in [5, 5.41) is 2.94. The Morgan fingerprint density at radius 2 is 1.84 bits per heavy atom. The molecule has 0 bridgehead atoms. The minimum Gasteiger partial charge on any atom is -0.389 e. The van der Waals surface area contributed by atoms with Gasteiger partial charge in [0.15, 0.2) is 0 Å². The van der Waals surface area contributed by atoms with Crippen molar-refractivity contribution < 1.29 is 8.78 Å². The van der Waals surface area contributed by atoms with Crippen molar-refractivity contribution in [2.75, 3.05) is 5.32 Å². The summed E-state index contributed by atoms with van der Waals surface area (Å²) < 4.78 is 27.0. The van der Waals surface area contributed by atoms with Gasteiger partial charge < -0.3 is 11.1 Å². The third-order valence-electron chi connectivity index (χ3n) is 2.68. The molecule has 2 nitrogen and oxygen atoms in total. The van der Waals surface area contributed by atoms with Gasteiger partial charge >= 0.3 is 0 Å². The molecule has 0 saturated carbocycles. The number of benzene rings is 2. The highest BCUT2D eigenvalue weighted by Crippen LogP contribution is 2.16. The van der Waals surface area contributed by atoms with Gasteiger partial charge in [-0.3, -0.25) is 0 Å². The smallest absolute Gasteiger partial charge is 0.135 e. The second-order valence-electron chi connectivity index (χ2n) is 4.00. The number of rotatable bonds is 4. The summed E-state index contributed by atoms with van der Waals surface area (Å²) in [7, 11) is 0. The fraction of sp³-hybridized carbons (Fsp3) is 0.0714. The Bertz CT molecular complexity index is 614. The first kappa shape index (κ1) is 13.4. The molecule has 2 aromatic carbocycles. The molecule has 19 heavy (non-hydrogen) atoms. The van der Waals surface area contributed by atoms with E-state index < -0.39 is 5.82 Å². The van der Waals surface area contributed by atoms with Gasteiger partial charge in [0.05, 0.1) is 0 Å². The normalized spacial score (nSPS) is 10.2. The molecule has 0 aliphatic heterocycles. The van der Waals surface area contributed by atoms with E-state index in [0.29, 0.717) is 11.3 Å². The molecule has 0 fully saturated rings. The number of nitrogens with two attached hydrogens (primary N) is 1. The maximum Gasteiger partial charge on any atom is 0.135 e. The number of hydrogen-bond donors (Lipinski definition) is 2. The molecule has 3 N–H and O–H groups in total. The fourth-order valence-electron chi connectivity index (χ4n) is 1.66. The second-order valence-corrected chi connectivity index (χ2v) is 4.44. The number of thiocarbonyl (C=S) groups is 1. The SMILES string of the molecule is NC(=S)c1ccc(NCc2ccccc2F)cc1F. The second kappa shape index (κ2) is 5.75. The van der Waals surface area contributed by atoms with E-state index in [4.69, 9.17) is 18.0 Å². The summed E-state index contributed by atoms with van der Waals surface area (Å²) in [4.78, 5) is 0.0122. The van der Waals surface area contributed by atoms with Gasteiger partial charge in [0, 0.05) is 23.4 Å². The predicted octanol–water partition coefficient (Wildman–Crippen LogP) is 3.21. The van der Waals surface area contributed by atoms with Gasteiger partial charge in [0.25, 0.3) is 0 Å². The van der Waals surface area contributed by atoms with Gasteiger partial charge in [0.1, 0.15) is 16.6 Å². The highest BCUT2D eigenvalue weighted by molar-refractivity contribution is 7.80. The highest BCUT2D eigenvalue weighted by Gasteiger charge is 2.06. The summed E-state index contributed by atoms with van der Waals surface area (Å²) in [6.45, 7) is 0.276. The van der Waals surface area contributed by atoms with Crippen molar-refractivity contribution in [1.82, 2.24) is 0 Å². The zero-order valence-corrected chi connectivity index (χ0v) is 10.8. The number of anilines is 1. The molecule has 0 spiro atoms. The van der Waals surface area contributed by atoms with Crippen molar-refractivity contribution in [2.45, 2.75) is 6.54 Å². The minimum atomic E-state index is -0.494. The van der Waals surface area contributed by atoms with Crippen LogP contribution >= 0.6 is 12.2 Å². The molecular formula is C14H12F2N2S. The van der Waals surface area contributed by atoms with E-state index in [0.717, 1.165) is 0 Å². The first-order chi connectivity index (χ1) is 9.08. The predicted molar refractivity (Wildman–Crippen MR) is 76.0 cm³/mol. The topological polar surface area (TPSA) is 38.0 Å². The van der Waals surface area contributed by atoms with Crippen LogP contribution < -0.4 is 11.1 Å². The van der Waals surface area contributed by atoms with Gasteiger partial charge in [0.2, 0.25) is 0 Å². The van der Waals surface area contributed by atoms with Crippen molar-refractivity contribution in [3.05, 3.63) is 65.2 Å². The van der Waals surface area contributed by atoms with Gasteiger partial charge in [-0.05, 0) is 24.3 Å². The van der Waals surface area contributed by atoms with E-state index in [9.17, 15) is 8.78 Å². The van der Waals surface area contributed by atoms with Crippen LogP contribution in [0.2, 0.25) is 0 Å². The molecule has 0 unspecified atom stereocenters. The van der Waals surface area contributed by atoms with E-state index in [1.165, 1.54) is 18.2 Å². The summed E-state index contributed by atoms with van der Waals surface area (Å²) >= 11 is 4.72. The van der Waals surface area contributed by atoms with Crippen LogP contribution in [-0.4, -0.2) is 4.99 Å². The number of halogens is 2.